The third-order valence-electron chi connectivity index (χ3n) is 3.31. The Hall–Kier alpha value is -1.89. The molecule has 21 heavy (non-hydrogen) atoms. The number of aldehydes is 1. The number of carbonyl (C=O) groups is 2. The normalized spacial score (nSPS) is 15.6. The number of anilines is 1. The highest BCUT2D eigenvalue weighted by Gasteiger charge is 2.24. The molecule has 1 amide bonds. The Kier molecular flexibility index (Phi) is 5.32. The summed E-state index contributed by atoms with van der Waals surface area (Å²) in [6.45, 7) is 3.36. The number of aromatic nitrogens is 2. The smallest absolute Gasteiger partial charge is 0.409 e. The maximum Gasteiger partial charge on any atom is 0.409 e. The molecule has 0 unspecified atom stereocenters. The van der Waals surface area contributed by atoms with E-state index >= 15 is 0 Å². The molecule has 0 atom stereocenters. The Morgan fingerprint density at radius 2 is 2.24 bits per heavy atom. The lowest BCUT2D eigenvalue weighted by atomic mass is 10.1. The van der Waals surface area contributed by atoms with Gasteiger partial charge in [-0.25, -0.2) is 14.8 Å². The summed E-state index contributed by atoms with van der Waals surface area (Å²) < 4.78 is 4.97. The van der Waals surface area contributed by atoms with Crippen molar-refractivity contribution < 1.29 is 14.3 Å². The van der Waals surface area contributed by atoms with Crippen LogP contribution >= 0.6 is 11.6 Å². The molecule has 0 aliphatic carbocycles. The van der Waals surface area contributed by atoms with E-state index in [0.717, 1.165) is 12.8 Å². The first-order valence-corrected chi connectivity index (χ1v) is 7.17. The number of hydrogen-bond donors (Lipinski definition) is 1. The number of piperidine rings is 1. The lowest BCUT2D eigenvalue weighted by Crippen LogP contribution is -2.42. The Morgan fingerprint density at radius 3 is 2.86 bits per heavy atom. The summed E-state index contributed by atoms with van der Waals surface area (Å²) in [5.41, 5.74) is 0.256. The molecule has 1 N–H and O–H groups in total. The van der Waals surface area contributed by atoms with Crippen molar-refractivity contribution >= 4 is 29.8 Å². The zero-order valence-corrected chi connectivity index (χ0v) is 12.5. The minimum atomic E-state index is -0.283. The van der Waals surface area contributed by atoms with Crippen LogP contribution in [0.4, 0.5) is 10.6 Å². The number of halogens is 1. The van der Waals surface area contributed by atoms with Gasteiger partial charge >= 0.3 is 6.09 Å². The standard InChI is InChI=1S/C13H17ClN4O3/c1-2-21-13(20)18-5-3-9(4-6-18)17-12-10(7-19)11(14)15-8-16-12/h7-9H,2-6H2,1H3,(H,15,16,17). The van der Waals surface area contributed by atoms with Crippen molar-refractivity contribution in [1.29, 1.82) is 0 Å². The molecule has 1 aromatic rings. The SMILES string of the molecule is CCOC(=O)N1CCC(Nc2ncnc(Cl)c2C=O)CC1. The van der Waals surface area contributed by atoms with Gasteiger partial charge in [-0.1, -0.05) is 11.6 Å². The van der Waals surface area contributed by atoms with Gasteiger partial charge in [0.2, 0.25) is 0 Å². The summed E-state index contributed by atoms with van der Waals surface area (Å²) >= 11 is 5.85. The number of likely N-dealkylation sites (tertiary alicyclic amines) is 1. The quantitative estimate of drug-likeness (QED) is 0.676. The number of ether oxygens (including phenoxy) is 1. The monoisotopic (exact) mass is 312 g/mol. The van der Waals surface area contributed by atoms with Crippen LogP contribution in [0.2, 0.25) is 5.15 Å². The summed E-state index contributed by atoms with van der Waals surface area (Å²) in [6, 6.07) is 0.125. The molecule has 1 aromatic heterocycles. The van der Waals surface area contributed by atoms with Crippen molar-refractivity contribution in [2.75, 3.05) is 25.0 Å². The zero-order chi connectivity index (χ0) is 15.2. The molecule has 0 aromatic carbocycles. The van der Waals surface area contributed by atoms with Crippen molar-refractivity contribution in [3.63, 3.8) is 0 Å². The minimum Gasteiger partial charge on any atom is -0.450 e. The highest BCUT2D eigenvalue weighted by atomic mass is 35.5. The lowest BCUT2D eigenvalue weighted by Gasteiger charge is -2.32. The van der Waals surface area contributed by atoms with Crippen LogP contribution in [-0.2, 0) is 4.74 Å². The number of rotatable bonds is 4. The van der Waals surface area contributed by atoms with Gasteiger partial charge in [-0.05, 0) is 19.8 Å². The summed E-state index contributed by atoms with van der Waals surface area (Å²) in [6.07, 6.45) is 3.16. The van der Waals surface area contributed by atoms with Crippen LogP contribution in [0, 0.1) is 0 Å². The van der Waals surface area contributed by atoms with Gasteiger partial charge in [0.1, 0.15) is 17.3 Å². The van der Waals surface area contributed by atoms with Crippen LogP contribution in [0.5, 0.6) is 0 Å². The van der Waals surface area contributed by atoms with E-state index in [4.69, 9.17) is 16.3 Å². The Bertz CT molecular complexity index is 518. The van der Waals surface area contributed by atoms with Gasteiger partial charge in [-0.15, -0.1) is 0 Å². The molecule has 0 spiro atoms. The van der Waals surface area contributed by atoms with E-state index < -0.39 is 0 Å². The van der Waals surface area contributed by atoms with E-state index in [1.807, 2.05) is 0 Å². The molecular weight excluding hydrogens is 296 g/mol. The molecule has 0 bridgehead atoms. The van der Waals surface area contributed by atoms with Crippen molar-refractivity contribution in [3.8, 4) is 0 Å². The second-order valence-electron chi connectivity index (χ2n) is 4.65. The maximum absolute atomic E-state index is 11.6. The van der Waals surface area contributed by atoms with Crippen molar-refractivity contribution in [3.05, 3.63) is 17.0 Å². The Balaban J connectivity index is 1.94. The fourth-order valence-electron chi connectivity index (χ4n) is 2.21. The highest BCUT2D eigenvalue weighted by Crippen LogP contribution is 2.21. The second kappa shape index (κ2) is 7.21. The molecule has 2 heterocycles. The summed E-state index contributed by atoms with van der Waals surface area (Å²) in [4.78, 5) is 32.1. The first-order chi connectivity index (χ1) is 10.2. The van der Waals surface area contributed by atoms with E-state index in [9.17, 15) is 9.59 Å². The lowest BCUT2D eigenvalue weighted by molar-refractivity contribution is 0.0983. The largest absolute Gasteiger partial charge is 0.450 e. The molecule has 0 radical (unpaired) electrons. The average molecular weight is 313 g/mol. The van der Waals surface area contributed by atoms with E-state index in [1.54, 1.807) is 11.8 Å². The highest BCUT2D eigenvalue weighted by molar-refractivity contribution is 6.32. The Labute approximate surface area is 127 Å². The van der Waals surface area contributed by atoms with Crippen molar-refractivity contribution in [1.82, 2.24) is 14.9 Å². The van der Waals surface area contributed by atoms with Gasteiger partial charge < -0.3 is 15.0 Å². The van der Waals surface area contributed by atoms with E-state index in [0.29, 0.717) is 31.8 Å². The van der Waals surface area contributed by atoms with Crippen molar-refractivity contribution in [2.24, 2.45) is 0 Å². The fourth-order valence-corrected chi connectivity index (χ4v) is 2.39. The third-order valence-corrected chi connectivity index (χ3v) is 3.62. The van der Waals surface area contributed by atoms with E-state index in [2.05, 4.69) is 15.3 Å². The Morgan fingerprint density at radius 1 is 1.52 bits per heavy atom. The van der Waals surface area contributed by atoms with Gasteiger partial charge in [0.25, 0.3) is 0 Å². The molecule has 8 heteroatoms. The molecule has 114 valence electrons. The molecule has 1 aliphatic rings. The molecule has 1 saturated heterocycles. The predicted molar refractivity (Wildman–Crippen MR) is 77.7 cm³/mol. The second-order valence-corrected chi connectivity index (χ2v) is 5.01. The summed E-state index contributed by atoms with van der Waals surface area (Å²) in [5, 5.41) is 3.32. The molecule has 7 nitrogen and oxygen atoms in total. The average Bonchev–Trinajstić information content (AvgIpc) is 2.48. The predicted octanol–water partition coefficient (Wildman–Crippen LogP) is 1.98. The van der Waals surface area contributed by atoms with Crippen molar-refractivity contribution in [2.45, 2.75) is 25.8 Å². The molecule has 2 rings (SSSR count). The number of amides is 1. The van der Waals surface area contributed by atoms with E-state index in [-0.39, 0.29) is 22.9 Å². The maximum atomic E-state index is 11.6. The van der Waals surface area contributed by atoms with Crippen LogP contribution in [0.3, 0.4) is 0 Å². The van der Waals surface area contributed by atoms with Crippen LogP contribution in [0.1, 0.15) is 30.1 Å². The van der Waals surface area contributed by atoms with Crippen LogP contribution in [0.15, 0.2) is 6.33 Å². The van der Waals surface area contributed by atoms with Crippen LogP contribution < -0.4 is 5.32 Å². The topological polar surface area (TPSA) is 84.4 Å². The zero-order valence-electron chi connectivity index (χ0n) is 11.7. The van der Waals surface area contributed by atoms with Crippen LogP contribution in [-0.4, -0.2) is 53.0 Å². The van der Waals surface area contributed by atoms with Crippen LogP contribution in [0.25, 0.3) is 0 Å². The van der Waals surface area contributed by atoms with Gasteiger partial charge in [0.05, 0.1) is 12.2 Å². The van der Waals surface area contributed by atoms with Gasteiger partial charge in [0, 0.05) is 19.1 Å². The first kappa shape index (κ1) is 15.5. The fraction of sp³-hybridized carbons (Fsp3) is 0.538. The number of carbonyl (C=O) groups excluding carboxylic acids is 2. The number of nitrogens with one attached hydrogen (secondary N) is 1. The molecule has 1 fully saturated rings. The summed E-state index contributed by atoms with van der Waals surface area (Å²) in [5.74, 6) is 0.430. The minimum absolute atomic E-state index is 0.125. The molecule has 0 saturated carbocycles. The van der Waals surface area contributed by atoms with Gasteiger partial charge in [-0.2, -0.15) is 0 Å². The molecular formula is C13H17ClN4O3. The van der Waals surface area contributed by atoms with Gasteiger partial charge in [-0.3, -0.25) is 4.79 Å². The van der Waals surface area contributed by atoms with E-state index in [1.165, 1.54) is 6.33 Å². The third kappa shape index (κ3) is 3.81. The number of nitrogens with zero attached hydrogens (tertiary/aromatic N) is 3. The van der Waals surface area contributed by atoms with Gasteiger partial charge in [0.15, 0.2) is 6.29 Å². The number of hydrogen-bond acceptors (Lipinski definition) is 6. The first-order valence-electron chi connectivity index (χ1n) is 6.79. The summed E-state index contributed by atoms with van der Waals surface area (Å²) in [7, 11) is 0. The molecule has 1 aliphatic heterocycles.